The van der Waals surface area contributed by atoms with Gasteiger partial charge < -0.3 is 0 Å². The van der Waals surface area contributed by atoms with Gasteiger partial charge in [0.05, 0.1) is 22.4 Å². The van der Waals surface area contributed by atoms with Crippen molar-refractivity contribution in [2.45, 2.75) is 6.42 Å². The van der Waals surface area contributed by atoms with E-state index in [1.165, 1.54) is 36.4 Å². The molecule has 0 fully saturated rings. The molecule has 5 heteroatoms. The minimum Gasteiger partial charge on any atom is -0.244 e. The van der Waals surface area contributed by atoms with E-state index >= 15 is 0 Å². The Morgan fingerprint density at radius 1 is 0.469 bits per heavy atom. The summed E-state index contributed by atoms with van der Waals surface area (Å²) in [5.41, 5.74) is 5.99. The zero-order valence-corrected chi connectivity index (χ0v) is 16.9. The second-order valence-corrected chi connectivity index (χ2v) is 7.56. The van der Waals surface area contributed by atoms with E-state index in [2.05, 4.69) is 0 Å². The molecule has 0 unspecified atom stereocenters. The average molecular weight is 426 g/mol. The van der Waals surface area contributed by atoms with Crippen LogP contribution in [0.2, 0.25) is 0 Å². The highest BCUT2D eigenvalue weighted by Gasteiger charge is 2.14. The van der Waals surface area contributed by atoms with Gasteiger partial charge >= 0.3 is 0 Å². The first-order valence-corrected chi connectivity index (χ1v) is 10.1. The summed E-state index contributed by atoms with van der Waals surface area (Å²) in [5.74, 6) is -0.945. The highest BCUT2D eigenvalue weighted by Crippen LogP contribution is 2.31. The topological polar surface area (TPSA) is 25.8 Å². The summed E-state index contributed by atoms with van der Waals surface area (Å²) < 4.78 is 40.2. The summed E-state index contributed by atoms with van der Waals surface area (Å²) in [5, 5.41) is 0. The van der Waals surface area contributed by atoms with E-state index in [1.54, 1.807) is 36.4 Å². The fourth-order valence-corrected chi connectivity index (χ4v) is 3.67. The molecule has 4 aromatic carbocycles. The fourth-order valence-electron chi connectivity index (χ4n) is 3.67. The molecule has 5 rings (SSSR count). The van der Waals surface area contributed by atoms with Crippen molar-refractivity contribution in [1.82, 2.24) is 9.97 Å². The zero-order chi connectivity index (χ0) is 22.1. The molecule has 2 nitrogen and oxygen atoms in total. The molecule has 0 spiro atoms. The van der Waals surface area contributed by atoms with Crippen molar-refractivity contribution in [2.75, 3.05) is 0 Å². The molecule has 0 saturated heterocycles. The molecule has 0 radical (unpaired) electrons. The summed E-state index contributed by atoms with van der Waals surface area (Å²) in [7, 11) is 0. The molecule has 0 atom stereocenters. The van der Waals surface area contributed by atoms with Crippen molar-refractivity contribution in [1.29, 1.82) is 0 Å². The number of hydrogen-bond acceptors (Lipinski definition) is 2. The quantitative estimate of drug-likeness (QED) is 0.310. The maximum Gasteiger partial charge on any atom is 0.123 e. The number of nitrogens with zero attached hydrogens (tertiary/aromatic N) is 2. The van der Waals surface area contributed by atoms with Gasteiger partial charge in [-0.25, -0.2) is 23.1 Å². The maximum atomic E-state index is 13.5. The van der Waals surface area contributed by atoms with Crippen molar-refractivity contribution in [3.63, 3.8) is 0 Å². The van der Waals surface area contributed by atoms with E-state index in [-0.39, 0.29) is 17.5 Å². The van der Waals surface area contributed by atoms with Gasteiger partial charge in [-0.1, -0.05) is 18.2 Å². The summed E-state index contributed by atoms with van der Waals surface area (Å²) in [6.45, 7) is 0. The predicted molar refractivity (Wildman–Crippen MR) is 120 cm³/mol. The highest BCUT2D eigenvalue weighted by atomic mass is 19.1. The molecule has 0 aliphatic heterocycles. The molecule has 1 heterocycles. The van der Waals surface area contributed by atoms with Crippen LogP contribution in [0.3, 0.4) is 0 Å². The zero-order valence-electron chi connectivity index (χ0n) is 16.9. The van der Waals surface area contributed by atoms with Crippen LogP contribution in [0.1, 0.15) is 11.1 Å². The van der Waals surface area contributed by atoms with Crippen molar-refractivity contribution in [2.24, 2.45) is 0 Å². The molecular weight excluding hydrogens is 409 g/mol. The Morgan fingerprint density at radius 2 is 0.906 bits per heavy atom. The number of benzene rings is 4. The fraction of sp³-hybridized carbons (Fsp3) is 0.0370. The minimum atomic E-state index is -0.340. The molecule has 5 aromatic rings. The average Bonchev–Trinajstić information content (AvgIpc) is 2.81. The van der Waals surface area contributed by atoms with E-state index < -0.39 is 0 Å². The van der Waals surface area contributed by atoms with Gasteiger partial charge in [0.2, 0.25) is 0 Å². The monoisotopic (exact) mass is 426 g/mol. The summed E-state index contributed by atoms with van der Waals surface area (Å²) in [4.78, 5) is 9.66. The van der Waals surface area contributed by atoms with Crippen LogP contribution in [0.15, 0.2) is 91.0 Å². The third kappa shape index (κ3) is 4.10. The van der Waals surface area contributed by atoms with Crippen LogP contribution in [-0.4, -0.2) is 9.97 Å². The predicted octanol–water partition coefficient (Wildman–Crippen LogP) is 6.97. The first kappa shape index (κ1) is 19.9. The van der Waals surface area contributed by atoms with Crippen molar-refractivity contribution >= 4 is 11.0 Å². The largest absolute Gasteiger partial charge is 0.244 e. The first-order valence-electron chi connectivity index (χ1n) is 10.1. The third-order valence-corrected chi connectivity index (χ3v) is 5.29. The molecular formula is C27H17F3N2. The molecule has 156 valence electrons. The number of hydrogen-bond donors (Lipinski definition) is 0. The van der Waals surface area contributed by atoms with Gasteiger partial charge in [-0.2, -0.15) is 0 Å². The summed E-state index contributed by atoms with van der Waals surface area (Å²) in [6.07, 6.45) is 0.628. The number of fused-ring (bicyclic) bond motifs is 1. The molecule has 0 bridgehead atoms. The number of rotatable bonds is 4. The lowest BCUT2D eigenvalue weighted by molar-refractivity contribution is 0.627. The van der Waals surface area contributed by atoms with Crippen LogP contribution < -0.4 is 0 Å². The SMILES string of the molecule is Fc1ccc(Cc2ccc3nc(-c4ccc(F)cc4)c(-c4ccc(F)cc4)nc3c2)cc1. The van der Waals surface area contributed by atoms with Gasteiger partial charge in [0, 0.05) is 11.1 Å². The molecule has 0 aliphatic carbocycles. The lowest BCUT2D eigenvalue weighted by atomic mass is 10.0. The van der Waals surface area contributed by atoms with E-state index in [0.29, 0.717) is 34.4 Å². The van der Waals surface area contributed by atoms with Gasteiger partial charge in [-0.15, -0.1) is 0 Å². The van der Waals surface area contributed by atoms with Crippen LogP contribution in [-0.2, 0) is 6.42 Å². The number of halogens is 3. The lowest BCUT2D eigenvalue weighted by Crippen LogP contribution is -1.97. The smallest absolute Gasteiger partial charge is 0.123 e. The lowest BCUT2D eigenvalue weighted by Gasteiger charge is -2.12. The van der Waals surface area contributed by atoms with Gasteiger partial charge in [0.25, 0.3) is 0 Å². The maximum absolute atomic E-state index is 13.5. The summed E-state index contributed by atoms with van der Waals surface area (Å²) in [6, 6.07) is 24.3. The second kappa shape index (κ2) is 8.27. The minimum absolute atomic E-state index is 0.268. The van der Waals surface area contributed by atoms with Crippen molar-refractivity contribution in [3.05, 3.63) is 120 Å². The Hall–Kier alpha value is -3.99. The van der Waals surface area contributed by atoms with Crippen molar-refractivity contribution in [3.8, 4) is 22.5 Å². The van der Waals surface area contributed by atoms with Crippen LogP contribution in [0.4, 0.5) is 13.2 Å². The molecule has 0 aliphatic rings. The Balaban J connectivity index is 1.63. The molecule has 0 N–H and O–H groups in total. The van der Waals surface area contributed by atoms with E-state index in [9.17, 15) is 13.2 Å². The van der Waals surface area contributed by atoms with Gasteiger partial charge in [-0.05, 0) is 90.3 Å². The summed E-state index contributed by atoms with van der Waals surface area (Å²) >= 11 is 0. The standard InChI is InChI=1S/C27H17F3N2/c28-21-8-1-17(2-9-21)15-18-3-14-24-25(16-18)32-27(20-6-12-23(30)13-7-20)26(31-24)19-4-10-22(29)11-5-19/h1-14,16H,15H2. The normalized spacial score (nSPS) is 11.1. The van der Waals surface area contributed by atoms with E-state index in [4.69, 9.17) is 9.97 Å². The Bertz CT molecular complexity index is 1390. The van der Waals surface area contributed by atoms with Gasteiger partial charge in [0.1, 0.15) is 17.5 Å². The van der Waals surface area contributed by atoms with Crippen LogP contribution >= 0.6 is 0 Å². The number of aromatic nitrogens is 2. The Labute approximate surface area is 183 Å². The highest BCUT2D eigenvalue weighted by molar-refractivity contribution is 5.86. The Morgan fingerprint density at radius 3 is 1.44 bits per heavy atom. The van der Waals surface area contributed by atoms with Gasteiger partial charge in [0.15, 0.2) is 0 Å². The molecule has 1 aromatic heterocycles. The van der Waals surface area contributed by atoms with E-state index in [0.717, 1.165) is 16.7 Å². The molecule has 32 heavy (non-hydrogen) atoms. The second-order valence-electron chi connectivity index (χ2n) is 7.56. The molecule has 0 saturated carbocycles. The Kier molecular flexibility index (Phi) is 5.15. The first-order chi connectivity index (χ1) is 15.5. The van der Waals surface area contributed by atoms with E-state index in [1.807, 2.05) is 18.2 Å². The van der Waals surface area contributed by atoms with Crippen LogP contribution in [0.5, 0.6) is 0 Å². The van der Waals surface area contributed by atoms with Crippen molar-refractivity contribution < 1.29 is 13.2 Å². The van der Waals surface area contributed by atoms with Gasteiger partial charge in [-0.3, -0.25) is 0 Å². The van der Waals surface area contributed by atoms with Crippen LogP contribution in [0, 0.1) is 17.5 Å². The van der Waals surface area contributed by atoms with Crippen LogP contribution in [0.25, 0.3) is 33.5 Å². The molecule has 0 amide bonds. The third-order valence-electron chi connectivity index (χ3n) is 5.29.